The molecule has 0 radical (unpaired) electrons. The zero-order valence-electron chi connectivity index (χ0n) is 10.6. The molecule has 0 aliphatic heterocycles. The average molecular weight is 336 g/mol. The number of rotatable bonds is 3. The van der Waals surface area contributed by atoms with E-state index in [0.717, 1.165) is 6.07 Å². The zero-order chi connectivity index (χ0) is 14.7. The van der Waals surface area contributed by atoms with Gasteiger partial charge in [0.2, 0.25) is 0 Å². The first-order valence-corrected chi connectivity index (χ1v) is 6.64. The van der Waals surface area contributed by atoms with Crippen molar-refractivity contribution in [3.63, 3.8) is 0 Å². The minimum Gasteiger partial charge on any atom is -0.322 e. The molecule has 0 spiro atoms. The molecule has 0 saturated heterocycles. The van der Waals surface area contributed by atoms with Gasteiger partial charge < -0.3 is 5.32 Å². The largest absolute Gasteiger partial charge is 0.322 e. The van der Waals surface area contributed by atoms with Crippen LogP contribution in [-0.4, -0.2) is 11.7 Å². The molecule has 2 rings (SSSR count). The van der Waals surface area contributed by atoms with Gasteiger partial charge in [0.25, 0.3) is 5.91 Å². The second-order valence-electron chi connectivity index (χ2n) is 4.22. The predicted octanol–water partition coefficient (Wildman–Crippen LogP) is 4.04. The molecular weight excluding hydrogens is 325 g/mol. The number of anilines is 1. The summed E-state index contributed by atoms with van der Waals surface area (Å²) in [6, 6.07) is 10.5. The molecule has 20 heavy (non-hydrogen) atoms. The van der Waals surface area contributed by atoms with Gasteiger partial charge in [-0.15, -0.1) is 0 Å². The Labute approximate surface area is 123 Å². The molecule has 102 valence electrons. The summed E-state index contributed by atoms with van der Waals surface area (Å²) < 4.78 is 13.7. The number of carbonyl (C=O) groups is 2. The third-order valence-corrected chi connectivity index (χ3v) is 3.39. The summed E-state index contributed by atoms with van der Waals surface area (Å²) in [5, 5.41) is 2.63. The highest BCUT2D eigenvalue weighted by Crippen LogP contribution is 2.20. The van der Waals surface area contributed by atoms with Crippen LogP contribution in [0.25, 0.3) is 0 Å². The second-order valence-corrected chi connectivity index (χ2v) is 5.07. The van der Waals surface area contributed by atoms with Crippen LogP contribution >= 0.6 is 15.9 Å². The lowest BCUT2D eigenvalue weighted by atomic mass is 10.1. The van der Waals surface area contributed by atoms with Gasteiger partial charge in [-0.25, -0.2) is 4.39 Å². The molecule has 0 aromatic heterocycles. The first-order valence-electron chi connectivity index (χ1n) is 5.85. The first-order chi connectivity index (χ1) is 9.47. The van der Waals surface area contributed by atoms with Crippen LogP contribution in [0.15, 0.2) is 46.9 Å². The van der Waals surface area contributed by atoms with E-state index >= 15 is 0 Å². The number of benzene rings is 2. The molecule has 0 aliphatic rings. The predicted molar refractivity (Wildman–Crippen MR) is 78.5 cm³/mol. The number of ketones is 1. The third-order valence-electron chi connectivity index (χ3n) is 2.70. The van der Waals surface area contributed by atoms with Gasteiger partial charge >= 0.3 is 0 Å². The topological polar surface area (TPSA) is 46.2 Å². The molecule has 1 N–H and O–H groups in total. The fraction of sp³-hybridized carbons (Fsp3) is 0.0667. The van der Waals surface area contributed by atoms with E-state index in [1.807, 2.05) is 0 Å². The van der Waals surface area contributed by atoms with Crippen molar-refractivity contribution in [2.24, 2.45) is 0 Å². The Balaban J connectivity index is 2.25. The van der Waals surface area contributed by atoms with Crippen LogP contribution in [-0.2, 0) is 0 Å². The lowest BCUT2D eigenvalue weighted by Crippen LogP contribution is -2.13. The highest BCUT2D eigenvalue weighted by atomic mass is 79.9. The zero-order valence-corrected chi connectivity index (χ0v) is 12.2. The van der Waals surface area contributed by atoms with Gasteiger partial charge in [-0.1, -0.05) is 12.1 Å². The molecule has 0 atom stereocenters. The molecule has 0 aliphatic carbocycles. The fourth-order valence-corrected chi connectivity index (χ4v) is 2.11. The fourth-order valence-electron chi connectivity index (χ4n) is 1.69. The summed E-state index contributed by atoms with van der Waals surface area (Å²) in [6.45, 7) is 1.45. The SMILES string of the molecule is CC(=O)c1cccc(NC(=O)c2cc(F)ccc2Br)c1. The van der Waals surface area contributed by atoms with Gasteiger partial charge in [0.1, 0.15) is 5.82 Å². The van der Waals surface area contributed by atoms with Crippen LogP contribution in [0.4, 0.5) is 10.1 Å². The Bertz CT molecular complexity index is 685. The summed E-state index contributed by atoms with van der Waals surface area (Å²) in [6.07, 6.45) is 0. The van der Waals surface area contributed by atoms with Crippen molar-refractivity contribution >= 4 is 33.3 Å². The first kappa shape index (κ1) is 14.4. The maximum absolute atomic E-state index is 13.2. The van der Waals surface area contributed by atoms with Crippen molar-refractivity contribution in [1.82, 2.24) is 0 Å². The maximum atomic E-state index is 13.2. The Hall–Kier alpha value is -2.01. The smallest absolute Gasteiger partial charge is 0.256 e. The summed E-state index contributed by atoms with van der Waals surface area (Å²) >= 11 is 3.20. The summed E-state index contributed by atoms with van der Waals surface area (Å²) in [5.41, 5.74) is 1.18. The van der Waals surface area contributed by atoms with E-state index in [2.05, 4.69) is 21.2 Å². The second kappa shape index (κ2) is 5.96. The van der Waals surface area contributed by atoms with Crippen molar-refractivity contribution in [1.29, 1.82) is 0 Å². The van der Waals surface area contributed by atoms with Crippen LogP contribution in [0.1, 0.15) is 27.6 Å². The number of halogens is 2. The van der Waals surface area contributed by atoms with Crippen LogP contribution in [0.2, 0.25) is 0 Å². The Morgan fingerprint density at radius 2 is 1.90 bits per heavy atom. The summed E-state index contributed by atoms with van der Waals surface area (Å²) in [7, 11) is 0. The van der Waals surface area contributed by atoms with E-state index in [-0.39, 0.29) is 11.3 Å². The molecule has 3 nitrogen and oxygen atoms in total. The number of nitrogens with one attached hydrogen (secondary N) is 1. The van der Waals surface area contributed by atoms with Crippen molar-refractivity contribution in [3.8, 4) is 0 Å². The van der Waals surface area contributed by atoms with E-state index in [1.165, 1.54) is 19.1 Å². The van der Waals surface area contributed by atoms with E-state index in [4.69, 9.17) is 0 Å². The van der Waals surface area contributed by atoms with Gasteiger partial charge in [-0.05, 0) is 53.2 Å². The van der Waals surface area contributed by atoms with Crippen LogP contribution in [0.5, 0.6) is 0 Å². The minimum atomic E-state index is -0.490. The standard InChI is InChI=1S/C15H11BrFNO2/c1-9(19)10-3-2-4-12(7-10)18-15(20)13-8-11(17)5-6-14(13)16/h2-8H,1H3,(H,18,20). The Morgan fingerprint density at radius 1 is 1.15 bits per heavy atom. The van der Waals surface area contributed by atoms with Crippen LogP contribution in [0, 0.1) is 5.82 Å². The number of hydrogen-bond donors (Lipinski definition) is 1. The van der Waals surface area contributed by atoms with E-state index < -0.39 is 11.7 Å². The molecular formula is C15H11BrFNO2. The van der Waals surface area contributed by atoms with Gasteiger partial charge in [0.05, 0.1) is 5.56 Å². The van der Waals surface area contributed by atoms with Crippen LogP contribution in [0.3, 0.4) is 0 Å². The number of Topliss-reactive ketones (excluding diaryl/α,β-unsaturated/α-hetero) is 1. The monoisotopic (exact) mass is 335 g/mol. The quantitative estimate of drug-likeness (QED) is 0.860. The Kier molecular flexibility index (Phi) is 4.29. The number of carbonyl (C=O) groups excluding carboxylic acids is 2. The third kappa shape index (κ3) is 3.30. The van der Waals surface area contributed by atoms with Crippen molar-refractivity contribution in [2.45, 2.75) is 6.92 Å². The molecule has 0 bridgehead atoms. The maximum Gasteiger partial charge on any atom is 0.256 e. The van der Waals surface area contributed by atoms with Gasteiger partial charge in [0.15, 0.2) is 5.78 Å². The highest BCUT2D eigenvalue weighted by molar-refractivity contribution is 9.10. The summed E-state index contributed by atoms with van der Waals surface area (Å²) in [5.74, 6) is -1.03. The van der Waals surface area contributed by atoms with E-state index in [9.17, 15) is 14.0 Å². The molecule has 1 amide bonds. The van der Waals surface area contributed by atoms with Crippen LogP contribution < -0.4 is 5.32 Å². The van der Waals surface area contributed by atoms with Gasteiger partial charge in [-0.2, -0.15) is 0 Å². The van der Waals surface area contributed by atoms with E-state index in [1.54, 1.807) is 24.3 Å². The van der Waals surface area contributed by atoms with Crippen molar-refractivity contribution in [3.05, 3.63) is 63.9 Å². The van der Waals surface area contributed by atoms with Crippen molar-refractivity contribution in [2.75, 3.05) is 5.32 Å². The average Bonchev–Trinajstić information content (AvgIpc) is 2.41. The minimum absolute atomic E-state index is 0.0898. The normalized spacial score (nSPS) is 10.2. The lowest BCUT2D eigenvalue weighted by Gasteiger charge is -2.08. The van der Waals surface area contributed by atoms with Crippen molar-refractivity contribution < 1.29 is 14.0 Å². The molecule has 0 heterocycles. The molecule has 0 unspecified atom stereocenters. The number of hydrogen-bond acceptors (Lipinski definition) is 2. The molecule has 0 fully saturated rings. The van der Waals surface area contributed by atoms with Gasteiger partial charge in [0, 0.05) is 15.7 Å². The molecule has 2 aromatic carbocycles. The lowest BCUT2D eigenvalue weighted by molar-refractivity contribution is 0.101. The highest BCUT2D eigenvalue weighted by Gasteiger charge is 2.12. The van der Waals surface area contributed by atoms with Gasteiger partial charge in [-0.3, -0.25) is 9.59 Å². The number of amides is 1. The molecule has 0 saturated carbocycles. The molecule has 5 heteroatoms. The molecule has 2 aromatic rings. The van der Waals surface area contributed by atoms with E-state index in [0.29, 0.717) is 15.7 Å². The summed E-state index contributed by atoms with van der Waals surface area (Å²) in [4.78, 5) is 23.4. The Morgan fingerprint density at radius 3 is 2.60 bits per heavy atom.